The molecule has 0 spiro atoms. The Kier molecular flexibility index (Phi) is 6.55. The molecular formula is C26H28FN7O4. The number of aliphatic carboxylic acids is 1. The average molecular weight is 522 g/mol. The van der Waals surface area contributed by atoms with Crippen molar-refractivity contribution in [3.63, 3.8) is 0 Å². The minimum absolute atomic E-state index is 0.0581. The SMILES string of the molecule is CC(C)(C)c1nc(C(=O)NCc2ccc(-c3ccnc4[nH]nc(N5CCCC(C(=O)O)C5)c34)cc2F)no1. The number of piperidine rings is 1. The van der Waals surface area contributed by atoms with Crippen molar-refractivity contribution in [2.45, 2.75) is 45.6 Å². The van der Waals surface area contributed by atoms with Crippen LogP contribution in [0.4, 0.5) is 10.2 Å². The van der Waals surface area contributed by atoms with Crippen molar-refractivity contribution >= 4 is 28.7 Å². The molecule has 0 aliphatic carbocycles. The van der Waals surface area contributed by atoms with E-state index in [9.17, 15) is 14.7 Å². The molecule has 1 fully saturated rings. The molecule has 4 aromatic rings. The van der Waals surface area contributed by atoms with Gasteiger partial charge in [0.1, 0.15) is 5.82 Å². The maximum atomic E-state index is 15.2. The molecule has 0 bridgehead atoms. The highest BCUT2D eigenvalue weighted by molar-refractivity contribution is 6.00. The van der Waals surface area contributed by atoms with Gasteiger partial charge < -0.3 is 19.8 Å². The molecule has 3 aromatic heterocycles. The summed E-state index contributed by atoms with van der Waals surface area (Å²) in [6.07, 6.45) is 2.96. The number of H-pyrrole nitrogens is 1. The van der Waals surface area contributed by atoms with E-state index in [0.717, 1.165) is 6.42 Å². The summed E-state index contributed by atoms with van der Waals surface area (Å²) in [7, 11) is 0. The summed E-state index contributed by atoms with van der Waals surface area (Å²) in [5.41, 5.74) is 1.74. The van der Waals surface area contributed by atoms with E-state index in [1.807, 2.05) is 25.7 Å². The maximum Gasteiger partial charge on any atom is 0.308 e. The van der Waals surface area contributed by atoms with Crippen LogP contribution in [0.5, 0.6) is 0 Å². The van der Waals surface area contributed by atoms with Gasteiger partial charge in [-0.2, -0.15) is 10.1 Å². The zero-order valence-corrected chi connectivity index (χ0v) is 21.3. The second-order valence-electron chi connectivity index (χ2n) is 10.4. The molecule has 1 aliphatic rings. The zero-order chi connectivity index (χ0) is 27.0. The third kappa shape index (κ3) is 4.93. The van der Waals surface area contributed by atoms with Gasteiger partial charge in [-0.1, -0.05) is 38.1 Å². The quantitative estimate of drug-likeness (QED) is 0.345. The van der Waals surface area contributed by atoms with Crippen LogP contribution in [-0.4, -0.2) is 55.4 Å². The van der Waals surface area contributed by atoms with E-state index in [-0.39, 0.29) is 12.4 Å². The summed E-state index contributed by atoms with van der Waals surface area (Å²) in [6, 6.07) is 6.54. The first-order chi connectivity index (χ1) is 18.1. The number of pyridine rings is 1. The van der Waals surface area contributed by atoms with E-state index in [0.29, 0.717) is 58.9 Å². The number of carbonyl (C=O) groups is 2. The number of hydrogen-bond acceptors (Lipinski definition) is 8. The highest BCUT2D eigenvalue weighted by atomic mass is 19.1. The monoisotopic (exact) mass is 521 g/mol. The number of nitrogens with one attached hydrogen (secondary N) is 2. The lowest BCUT2D eigenvalue weighted by molar-refractivity contribution is -0.141. The van der Waals surface area contributed by atoms with E-state index < -0.39 is 29.0 Å². The summed E-state index contributed by atoms with van der Waals surface area (Å²) < 4.78 is 20.3. The number of aromatic amines is 1. The van der Waals surface area contributed by atoms with Crippen LogP contribution in [0.15, 0.2) is 35.0 Å². The van der Waals surface area contributed by atoms with Crippen LogP contribution in [-0.2, 0) is 16.8 Å². The van der Waals surface area contributed by atoms with Gasteiger partial charge in [0, 0.05) is 36.8 Å². The Morgan fingerprint density at radius 3 is 2.82 bits per heavy atom. The molecule has 1 aliphatic heterocycles. The van der Waals surface area contributed by atoms with Crippen LogP contribution in [0, 0.1) is 11.7 Å². The molecule has 1 aromatic carbocycles. The van der Waals surface area contributed by atoms with Crippen molar-refractivity contribution < 1.29 is 23.6 Å². The first-order valence-electron chi connectivity index (χ1n) is 12.3. The Morgan fingerprint density at radius 1 is 1.29 bits per heavy atom. The maximum absolute atomic E-state index is 15.2. The van der Waals surface area contributed by atoms with Crippen molar-refractivity contribution in [1.82, 2.24) is 30.6 Å². The third-order valence-electron chi connectivity index (χ3n) is 6.59. The number of nitrogens with zero attached hydrogens (tertiary/aromatic N) is 5. The summed E-state index contributed by atoms with van der Waals surface area (Å²) in [5.74, 6) is -1.54. The molecule has 38 heavy (non-hydrogen) atoms. The molecule has 1 saturated heterocycles. The number of halogens is 1. The van der Waals surface area contributed by atoms with Crippen LogP contribution in [0.3, 0.4) is 0 Å². The molecule has 1 atom stereocenters. The van der Waals surface area contributed by atoms with E-state index in [1.165, 1.54) is 6.07 Å². The molecule has 4 heterocycles. The van der Waals surface area contributed by atoms with Gasteiger partial charge in [-0.05, 0) is 36.1 Å². The van der Waals surface area contributed by atoms with Crippen molar-refractivity contribution in [2.24, 2.45) is 5.92 Å². The minimum Gasteiger partial charge on any atom is -0.481 e. The number of hydrogen-bond donors (Lipinski definition) is 3. The van der Waals surface area contributed by atoms with Crippen molar-refractivity contribution in [3.05, 3.63) is 53.6 Å². The van der Waals surface area contributed by atoms with Crippen molar-refractivity contribution in [1.29, 1.82) is 0 Å². The smallest absolute Gasteiger partial charge is 0.308 e. The first-order valence-corrected chi connectivity index (χ1v) is 12.3. The van der Waals surface area contributed by atoms with Gasteiger partial charge in [0.05, 0.1) is 11.3 Å². The van der Waals surface area contributed by atoms with Crippen LogP contribution < -0.4 is 10.2 Å². The zero-order valence-electron chi connectivity index (χ0n) is 21.3. The fraction of sp³-hybridized carbons (Fsp3) is 0.385. The van der Waals surface area contributed by atoms with Crippen LogP contribution in [0.2, 0.25) is 0 Å². The van der Waals surface area contributed by atoms with E-state index >= 15 is 4.39 Å². The molecule has 1 unspecified atom stereocenters. The highest BCUT2D eigenvalue weighted by Crippen LogP contribution is 2.35. The number of carboxylic acid groups (broad SMARTS) is 1. The Morgan fingerprint density at radius 2 is 2.11 bits per heavy atom. The van der Waals surface area contributed by atoms with Gasteiger partial charge in [0.25, 0.3) is 11.7 Å². The Bertz CT molecular complexity index is 1510. The number of amides is 1. The standard InChI is InChI=1S/C26H28FN7O4/c1-26(2,3)25-30-21(33-38-25)23(35)29-12-15-7-6-14(11-18(15)27)17-8-9-28-20-19(17)22(32-31-20)34-10-4-5-16(13-34)24(36)37/h6-9,11,16H,4-5,10,12-13H2,1-3H3,(H,29,35)(H,36,37)(H,28,31,32). The van der Waals surface area contributed by atoms with Gasteiger partial charge in [-0.3, -0.25) is 14.7 Å². The minimum atomic E-state index is -0.827. The fourth-order valence-corrected chi connectivity index (χ4v) is 4.51. The Balaban J connectivity index is 1.37. The Labute approximate surface area is 217 Å². The molecular weight excluding hydrogens is 493 g/mol. The summed E-state index contributed by atoms with van der Waals surface area (Å²) in [5, 5.41) is 23.9. The number of anilines is 1. The summed E-state index contributed by atoms with van der Waals surface area (Å²) >= 11 is 0. The average Bonchev–Trinajstić information content (AvgIpc) is 3.56. The van der Waals surface area contributed by atoms with Crippen LogP contribution in [0.25, 0.3) is 22.2 Å². The van der Waals surface area contributed by atoms with Crippen LogP contribution in [0.1, 0.15) is 55.7 Å². The second-order valence-corrected chi connectivity index (χ2v) is 10.4. The third-order valence-corrected chi connectivity index (χ3v) is 6.59. The summed E-state index contributed by atoms with van der Waals surface area (Å²) in [6.45, 7) is 6.62. The van der Waals surface area contributed by atoms with E-state index in [1.54, 1.807) is 24.4 Å². The van der Waals surface area contributed by atoms with Gasteiger partial charge in [-0.25, -0.2) is 9.37 Å². The van der Waals surface area contributed by atoms with Gasteiger partial charge >= 0.3 is 5.97 Å². The highest BCUT2D eigenvalue weighted by Gasteiger charge is 2.29. The Hall–Kier alpha value is -4.35. The molecule has 0 radical (unpaired) electrons. The van der Waals surface area contributed by atoms with Gasteiger partial charge in [-0.15, -0.1) is 0 Å². The number of benzene rings is 1. The number of fused-ring (bicyclic) bond motifs is 1. The lowest BCUT2D eigenvalue weighted by Gasteiger charge is -2.31. The van der Waals surface area contributed by atoms with Crippen molar-refractivity contribution in [3.8, 4) is 11.1 Å². The molecule has 5 rings (SSSR count). The normalized spacial score (nSPS) is 16.1. The fourth-order valence-electron chi connectivity index (χ4n) is 4.51. The van der Waals surface area contributed by atoms with Crippen LogP contribution >= 0.6 is 0 Å². The number of carbonyl (C=O) groups excluding carboxylic acids is 1. The second kappa shape index (κ2) is 9.84. The van der Waals surface area contributed by atoms with E-state index in [2.05, 4.69) is 30.6 Å². The lowest BCUT2D eigenvalue weighted by atomic mass is 9.97. The van der Waals surface area contributed by atoms with Gasteiger partial charge in [0.15, 0.2) is 11.5 Å². The largest absolute Gasteiger partial charge is 0.481 e. The predicted molar refractivity (Wildman–Crippen MR) is 136 cm³/mol. The topological polar surface area (TPSA) is 150 Å². The molecule has 1 amide bonds. The van der Waals surface area contributed by atoms with E-state index in [4.69, 9.17) is 4.52 Å². The van der Waals surface area contributed by atoms with Gasteiger partial charge in [0.2, 0.25) is 5.89 Å². The number of carboxylic acids is 1. The lowest BCUT2D eigenvalue weighted by Crippen LogP contribution is -2.39. The first kappa shape index (κ1) is 25.3. The summed E-state index contributed by atoms with van der Waals surface area (Å²) in [4.78, 5) is 34.4. The van der Waals surface area contributed by atoms with Crippen molar-refractivity contribution in [2.75, 3.05) is 18.0 Å². The number of aromatic nitrogens is 5. The molecule has 3 N–H and O–H groups in total. The molecule has 0 saturated carbocycles. The predicted octanol–water partition coefficient (Wildman–Crippen LogP) is 3.68. The molecule has 12 heteroatoms. The molecule has 198 valence electrons. The number of rotatable bonds is 6. The molecule has 11 nitrogen and oxygen atoms in total.